The van der Waals surface area contributed by atoms with Gasteiger partial charge in [-0.1, -0.05) is 0 Å². The van der Waals surface area contributed by atoms with Crippen LogP contribution in [-0.4, -0.2) is 23.0 Å². The second-order valence-electron chi connectivity index (χ2n) is 2.27. The van der Waals surface area contributed by atoms with E-state index in [1.807, 2.05) is 0 Å². The van der Waals surface area contributed by atoms with Crippen LogP contribution >= 0.6 is 15.9 Å². The lowest BCUT2D eigenvalue weighted by Crippen LogP contribution is -2.04. The van der Waals surface area contributed by atoms with Crippen LogP contribution in [0.1, 0.15) is 10.5 Å². The molecular formula is C7H5BrN2O4. The van der Waals surface area contributed by atoms with Gasteiger partial charge in [-0.05, 0) is 22.0 Å². The lowest BCUT2D eigenvalue weighted by molar-refractivity contribution is -0.386. The summed E-state index contributed by atoms with van der Waals surface area (Å²) in [5.41, 5.74) is -0.178. The van der Waals surface area contributed by atoms with Crippen LogP contribution in [0, 0.1) is 10.1 Å². The summed E-state index contributed by atoms with van der Waals surface area (Å²) in [5, 5.41) is 10.4. The maximum Gasteiger partial charge on any atom is 0.356 e. The van der Waals surface area contributed by atoms with Gasteiger partial charge in [0.1, 0.15) is 11.9 Å². The van der Waals surface area contributed by atoms with E-state index >= 15 is 0 Å². The van der Waals surface area contributed by atoms with Crippen LogP contribution < -0.4 is 0 Å². The predicted molar refractivity (Wildman–Crippen MR) is 49.9 cm³/mol. The van der Waals surface area contributed by atoms with Crippen LogP contribution in [0.3, 0.4) is 0 Å². The number of rotatable bonds is 2. The molecule has 0 bridgehead atoms. The summed E-state index contributed by atoms with van der Waals surface area (Å²) in [6, 6.07) is 1.24. The highest BCUT2D eigenvalue weighted by Gasteiger charge is 2.16. The first-order chi connectivity index (χ1) is 6.56. The van der Waals surface area contributed by atoms with Crippen LogP contribution in [0.4, 0.5) is 5.69 Å². The second kappa shape index (κ2) is 4.14. The Kier molecular flexibility index (Phi) is 3.13. The molecule has 0 atom stereocenters. The van der Waals surface area contributed by atoms with Crippen molar-refractivity contribution in [3.63, 3.8) is 0 Å². The van der Waals surface area contributed by atoms with Gasteiger partial charge < -0.3 is 4.74 Å². The first kappa shape index (κ1) is 10.6. The fourth-order valence-electron chi connectivity index (χ4n) is 0.774. The van der Waals surface area contributed by atoms with E-state index in [0.717, 1.165) is 6.20 Å². The smallest absolute Gasteiger partial charge is 0.356 e. The van der Waals surface area contributed by atoms with Gasteiger partial charge in [0.25, 0.3) is 0 Å². The van der Waals surface area contributed by atoms with E-state index in [9.17, 15) is 14.9 Å². The van der Waals surface area contributed by atoms with Crippen LogP contribution in [0.25, 0.3) is 0 Å². The highest BCUT2D eigenvalue weighted by atomic mass is 79.9. The lowest BCUT2D eigenvalue weighted by atomic mass is 10.3. The molecule has 7 heteroatoms. The number of esters is 1. The third kappa shape index (κ3) is 2.05. The number of aromatic nitrogens is 1. The molecule has 0 saturated carbocycles. The summed E-state index contributed by atoms with van der Waals surface area (Å²) in [5.74, 6) is -0.638. The third-order valence-electron chi connectivity index (χ3n) is 1.43. The van der Waals surface area contributed by atoms with Gasteiger partial charge in [0.15, 0.2) is 0 Å². The number of nitro groups is 1. The molecule has 14 heavy (non-hydrogen) atoms. The molecule has 0 aliphatic heterocycles. The van der Waals surface area contributed by atoms with Gasteiger partial charge in [-0.15, -0.1) is 0 Å². The molecule has 0 radical (unpaired) electrons. The third-order valence-corrected chi connectivity index (χ3v) is 2.06. The monoisotopic (exact) mass is 260 g/mol. The highest BCUT2D eigenvalue weighted by Crippen LogP contribution is 2.23. The number of methoxy groups -OCH3 is 1. The molecule has 1 rings (SSSR count). The molecule has 0 aliphatic carbocycles. The second-order valence-corrected chi connectivity index (χ2v) is 3.12. The highest BCUT2D eigenvalue weighted by molar-refractivity contribution is 9.10. The summed E-state index contributed by atoms with van der Waals surface area (Å²) in [4.78, 5) is 24.3. The number of hydrogen-bond acceptors (Lipinski definition) is 5. The Balaban J connectivity index is 3.12. The summed E-state index contributed by atoms with van der Waals surface area (Å²) >= 11 is 2.96. The van der Waals surface area contributed by atoms with E-state index in [2.05, 4.69) is 25.7 Å². The van der Waals surface area contributed by atoms with Crippen LogP contribution in [0.2, 0.25) is 0 Å². The van der Waals surface area contributed by atoms with Crippen molar-refractivity contribution in [2.24, 2.45) is 0 Å². The molecular weight excluding hydrogens is 256 g/mol. The molecule has 0 N–H and O–H groups in total. The van der Waals surface area contributed by atoms with Gasteiger partial charge in [-0.25, -0.2) is 9.78 Å². The summed E-state index contributed by atoms with van der Waals surface area (Å²) < 4.78 is 4.59. The topological polar surface area (TPSA) is 82.3 Å². The van der Waals surface area contributed by atoms with E-state index in [0.29, 0.717) is 0 Å². The summed E-state index contributed by atoms with van der Waals surface area (Å²) in [6.45, 7) is 0. The van der Waals surface area contributed by atoms with Gasteiger partial charge in [0, 0.05) is 0 Å². The zero-order chi connectivity index (χ0) is 10.7. The minimum absolute atomic E-state index is 0.0185. The van der Waals surface area contributed by atoms with Gasteiger partial charge >= 0.3 is 11.7 Å². The molecule has 74 valence electrons. The van der Waals surface area contributed by atoms with E-state index in [1.165, 1.54) is 13.2 Å². The molecule has 0 saturated heterocycles. The average molecular weight is 261 g/mol. The van der Waals surface area contributed by atoms with Gasteiger partial charge in [-0.3, -0.25) is 10.1 Å². The van der Waals surface area contributed by atoms with Crippen molar-refractivity contribution in [1.29, 1.82) is 0 Å². The fourth-order valence-corrected chi connectivity index (χ4v) is 1.24. The standard InChI is InChI=1S/C7H5BrN2O4/c1-14-7(11)5-2-4(8)6(3-9-5)10(12)13/h2-3H,1H3. The van der Waals surface area contributed by atoms with Crippen molar-refractivity contribution >= 4 is 27.6 Å². The van der Waals surface area contributed by atoms with E-state index in [4.69, 9.17) is 0 Å². The van der Waals surface area contributed by atoms with Crippen LogP contribution in [0.5, 0.6) is 0 Å². The molecule has 0 amide bonds. The largest absolute Gasteiger partial charge is 0.464 e. The van der Waals surface area contributed by atoms with E-state index < -0.39 is 10.9 Å². The van der Waals surface area contributed by atoms with Crippen molar-refractivity contribution in [1.82, 2.24) is 4.98 Å². The molecule has 0 unspecified atom stereocenters. The number of carbonyl (C=O) groups is 1. The molecule has 1 heterocycles. The molecule has 0 fully saturated rings. The van der Waals surface area contributed by atoms with Gasteiger partial charge in [0.2, 0.25) is 0 Å². The lowest BCUT2D eigenvalue weighted by Gasteiger charge is -1.98. The summed E-state index contributed by atoms with van der Waals surface area (Å²) in [6.07, 6.45) is 0.996. The Bertz CT molecular complexity index is 393. The first-order valence-electron chi connectivity index (χ1n) is 3.44. The average Bonchev–Trinajstić information content (AvgIpc) is 2.15. The molecule has 1 aromatic rings. The quantitative estimate of drug-likeness (QED) is 0.458. The fraction of sp³-hybridized carbons (Fsp3) is 0.143. The number of pyridine rings is 1. The SMILES string of the molecule is COC(=O)c1cc(Br)c([N+](=O)[O-])cn1. The zero-order valence-corrected chi connectivity index (χ0v) is 8.65. The summed E-state index contributed by atoms with van der Waals surface area (Å²) in [7, 11) is 1.21. The van der Waals surface area contributed by atoms with Crippen molar-refractivity contribution < 1.29 is 14.5 Å². The minimum Gasteiger partial charge on any atom is -0.464 e. The molecule has 0 aromatic carbocycles. The number of ether oxygens (including phenoxy) is 1. The number of carbonyl (C=O) groups excluding carboxylic acids is 1. The van der Waals surface area contributed by atoms with Crippen molar-refractivity contribution in [3.8, 4) is 0 Å². The van der Waals surface area contributed by atoms with E-state index in [1.54, 1.807) is 0 Å². The Morgan fingerprint density at radius 2 is 2.36 bits per heavy atom. The van der Waals surface area contributed by atoms with Crippen molar-refractivity contribution in [2.75, 3.05) is 7.11 Å². The minimum atomic E-state index is -0.638. The number of halogens is 1. The zero-order valence-electron chi connectivity index (χ0n) is 7.06. The normalized spacial score (nSPS) is 9.57. The molecule has 1 aromatic heterocycles. The Morgan fingerprint density at radius 3 is 2.79 bits per heavy atom. The van der Waals surface area contributed by atoms with Gasteiger partial charge in [-0.2, -0.15) is 0 Å². The molecule has 0 spiro atoms. The van der Waals surface area contributed by atoms with Gasteiger partial charge in [0.05, 0.1) is 16.5 Å². The predicted octanol–water partition coefficient (Wildman–Crippen LogP) is 1.54. The van der Waals surface area contributed by atoms with Crippen LogP contribution in [-0.2, 0) is 4.74 Å². The number of hydrogen-bond donors (Lipinski definition) is 0. The van der Waals surface area contributed by atoms with E-state index in [-0.39, 0.29) is 15.9 Å². The maximum absolute atomic E-state index is 11.0. The Hall–Kier alpha value is -1.50. The molecule has 6 nitrogen and oxygen atoms in total. The Morgan fingerprint density at radius 1 is 1.71 bits per heavy atom. The molecule has 0 aliphatic rings. The van der Waals surface area contributed by atoms with Crippen molar-refractivity contribution in [2.45, 2.75) is 0 Å². The van der Waals surface area contributed by atoms with Crippen molar-refractivity contribution in [3.05, 3.63) is 32.5 Å². The van der Waals surface area contributed by atoms with Crippen LogP contribution in [0.15, 0.2) is 16.7 Å². The maximum atomic E-state index is 11.0. The first-order valence-corrected chi connectivity index (χ1v) is 4.24. The Labute approximate surface area is 87.2 Å². The number of nitrogens with zero attached hydrogens (tertiary/aromatic N) is 2.